The Hall–Kier alpha value is -2.61. The highest BCUT2D eigenvalue weighted by Gasteiger charge is 2.11. The Balaban J connectivity index is 1.85. The molecule has 0 aliphatic heterocycles. The minimum atomic E-state index is -0.307. The van der Waals surface area contributed by atoms with Crippen LogP contribution >= 0.6 is 11.8 Å². The quantitative estimate of drug-likeness (QED) is 0.744. The van der Waals surface area contributed by atoms with Gasteiger partial charge in [-0.2, -0.15) is 4.68 Å². The van der Waals surface area contributed by atoms with Crippen LogP contribution in [-0.4, -0.2) is 32.4 Å². The van der Waals surface area contributed by atoms with Gasteiger partial charge in [-0.1, -0.05) is 17.8 Å². The highest BCUT2D eigenvalue weighted by molar-refractivity contribution is 7.98. The van der Waals surface area contributed by atoms with Crippen LogP contribution in [0.4, 0.5) is 5.69 Å². The van der Waals surface area contributed by atoms with Crippen LogP contribution in [0.5, 0.6) is 0 Å². The maximum absolute atomic E-state index is 11.9. The molecular formula is C13H11N5O2S. The highest BCUT2D eigenvalue weighted by atomic mass is 32.2. The van der Waals surface area contributed by atoms with Gasteiger partial charge in [0, 0.05) is 5.69 Å². The van der Waals surface area contributed by atoms with E-state index in [1.54, 1.807) is 28.9 Å². The third kappa shape index (κ3) is 2.79. The van der Waals surface area contributed by atoms with Crippen molar-refractivity contribution in [3.05, 3.63) is 48.4 Å². The number of nitrogens with zero attached hydrogens (tertiary/aromatic N) is 4. The average Bonchev–Trinajstić information content (AvgIpc) is 3.18. The Morgan fingerprint density at radius 3 is 3.00 bits per heavy atom. The summed E-state index contributed by atoms with van der Waals surface area (Å²) in [7, 11) is 0. The van der Waals surface area contributed by atoms with Crippen LogP contribution in [0.1, 0.15) is 10.6 Å². The molecule has 0 unspecified atom stereocenters. The molecule has 1 aromatic carbocycles. The van der Waals surface area contributed by atoms with E-state index in [-0.39, 0.29) is 11.7 Å². The van der Waals surface area contributed by atoms with Crippen molar-refractivity contribution in [2.75, 3.05) is 11.6 Å². The van der Waals surface area contributed by atoms with E-state index in [1.165, 1.54) is 18.0 Å². The van der Waals surface area contributed by atoms with Gasteiger partial charge in [0.2, 0.25) is 5.16 Å². The highest BCUT2D eigenvalue weighted by Crippen LogP contribution is 2.19. The second kappa shape index (κ2) is 5.80. The van der Waals surface area contributed by atoms with E-state index in [1.807, 2.05) is 18.4 Å². The zero-order chi connectivity index (χ0) is 14.7. The summed E-state index contributed by atoms with van der Waals surface area (Å²) in [4.78, 5) is 11.9. The number of tetrazole rings is 1. The molecule has 0 aliphatic carbocycles. The number of benzene rings is 1. The molecule has 2 heterocycles. The van der Waals surface area contributed by atoms with Gasteiger partial charge in [0.05, 0.1) is 12.0 Å². The first-order chi connectivity index (χ1) is 10.3. The van der Waals surface area contributed by atoms with Crippen LogP contribution in [0.2, 0.25) is 0 Å². The second-order valence-electron chi connectivity index (χ2n) is 4.06. The van der Waals surface area contributed by atoms with Crippen molar-refractivity contribution in [2.45, 2.75) is 5.16 Å². The van der Waals surface area contributed by atoms with Gasteiger partial charge in [-0.25, -0.2) is 0 Å². The lowest BCUT2D eigenvalue weighted by atomic mass is 10.2. The van der Waals surface area contributed by atoms with Crippen molar-refractivity contribution in [3.8, 4) is 5.69 Å². The third-order valence-corrected chi connectivity index (χ3v) is 3.34. The van der Waals surface area contributed by atoms with Gasteiger partial charge in [-0.05, 0) is 47.0 Å². The Morgan fingerprint density at radius 2 is 2.24 bits per heavy atom. The van der Waals surface area contributed by atoms with Crippen LogP contribution in [0.15, 0.2) is 52.2 Å². The monoisotopic (exact) mass is 301 g/mol. The minimum absolute atomic E-state index is 0.257. The van der Waals surface area contributed by atoms with E-state index < -0.39 is 0 Å². The summed E-state index contributed by atoms with van der Waals surface area (Å²) < 4.78 is 6.66. The second-order valence-corrected chi connectivity index (χ2v) is 4.83. The fourth-order valence-electron chi connectivity index (χ4n) is 1.78. The molecule has 3 aromatic rings. The standard InChI is InChI=1S/C13H11N5O2S/c1-21-13-15-16-17-18(13)10-5-2-4-9(8-10)14-12(19)11-6-3-7-20-11/h2-8H,1H3,(H,14,19). The molecule has 7 nitrogen and oxygen atoms in total. The number of carbonyl (C=O) groups excluding carboxylic acids is 1. The molecule has 0 aliphatic rings. The molecule has 0 spiro atoms. The number of amides is 1. The number of hydrogen-bond acceptors (Lipinski definition) is 6. The molecule has 0 saturated heterocycles. The Kier molecular flexibility index (Phi) is 3.69. The maximum Gasteiger partial charge on any atom is 0.291 e. The van der Waals surface area contributed by atoms with Crippen LogP contribution in [0.3, 0.4) is 0 Å². The van der Waals surface area contributed by atoms with Crippen molar-refractivity contribution in [1.82, 2.24) is 20.2 Å². The van der Waals surface area contributed by atoms with E-state index >= 15 is 0 Å². The number of hydrogen-bond donors (Lipinski definition) is 1. The van der Waals surface area contributed by atoms with Crippen LogP contribution in [0.25, 0.3) is 5.69 Å². The van der Waals surface area contributed by atoms with Crippen molar-refractivity contribution < 1.29 is 9.21 Å². The molecular weight excluding hydrogens is 290 g/mol. The smallest absolute Gasteiger partial charge is 0.291 e. The number of rotatable bonds is 4. The number of aromatic nitrogens is 4. The first-order valence-electron chi connectivity index (χ1n) is 6.05. The van der Waals surface area contributed by atoms with E-state index in [4.69, 9.17) is 4.42 Å². The molecule has 0 radical (unpaired) electrons. The molecule has 0 bridgehead atoms. The van der Waals surface area contributed by atoms with Crippen molar-refractivity contribution in [1.29, 1.82) is 0 Å². The van der Waals surface area contributed by atoms with Gasteiger partial charge < -0.3 is 9.73 Å². The Labute approximate surface area is 124 Å². The van der Waals surface area contributed by atoms with Crippen LogP contribution < -0.4 is 5.32 Å². The normalized spacial score (nSPS) is 10.5. The Morgan fingerprint density at radius 1 is 1.33 bits per heavy atom. The van der Waals surface area contributed by atoms with Gasteiger partial charge >= 0.3 is 0 Å². The van der Waals surface area contributed by atoms with Gasteiger partial charge in [0.15, 0.2) is 5.76 Å². The largest absolute Gasteiger partial charge is 0.459 e. The number of anilines is 1. The van der Waals surface area contributed by atoms with Crippen molar-refractivity contribution in [2.24, 2.45) is 0 Å². The van der Waals surface area contributed by atoms with E-state index in [0.29, 0.717) is 10.8 Å². The number of nitrogens with one attached hydrogen (secondary N) is 1. The van der Waals surface area contributed by atoms with Gasteiger partial charge in [-0.15, -0.1) is 5.10 Å². The third-order valence-electron chi connectivity index (χ3n) is 2.72. The summed E-state index contributed by atoms with van der Waals surface area (Å²) in [5, 5.41) is 14.9. The molecule has 3 rings (SSSR count). The van der Waals surface area contributed by atoms with Gasteiger partial charge in [-0.3, -0.25) is 4.79 Å². The SMILES string of the molecule is CSc1nnnn1-c1cccc(NC(=O)c2ccco2)c1. The molecule has 21 heavy (non-hydrogen) atoms. The molecule has 1 amide bonds. The minimum Gasteiger partial charge on any atom is -0.459 e. The summed E-state index contributed by atoms with van der Waals surface area (Å²) in [6, 6.07) is 10.5. The summed E-state index contributed by atoms with van der Waals surface area (Å²) >= 11 is 1.44. The lowest BCUT2D eigenvalue weighted by Crippen LogP contribution is -2.11. The Bertz CT molecular complexity index is 754. The van der Waals surface area contributed by atoms with E-state index in [9.17, 15) is 4.79 Å². The van der Waals surface area contributed by atoms with Crippen LogP contribution in [0, 0.1) is 0 Å². The molecule has 0 fully saturated rings. The van der Waals surface area contributed by atoms with E-state index in [2.05, 4.69) is 20.8 Å². The zero-order valence-electron chi connectivity index (χ0n) is 11.1. The van der Waals surface area contributed by atoms with E-state index in [0.717, 1.165) is 5.69 Å². The summed E-state index contributed by atoms with van der Waals surface area (Å²) in [5.74, 6) is -0.0495. The molecule has 0 atom stereocenters. The summed E-state index contributed by atoms with van der Waals surface area (Å²) in [5.41, 5.74) is 1.40. The average molecular weight is 301 g/mol. The zero-order valence-corrected chi connectivity index (χ0v) is 11.9. The fourth-order valence-corrected chi connectivity index (χ4v) is 2.22. The first kappa shape index (κ1) is 13.4. The summed E-state index contributed by atoms with van der Waals surface area (Å²) in [6.07, 6.45) is 3.35. The van der Waals surface area contributed by atoms with Gasteiger partial charge in [0.25, 0.3) is 5.91 Å². The first-order valence-corrected chi connectivity index (χ1v) is 7.28. The predicted molar refractivity (Wildman–Crippen MR) is 77.6 cm³/mol. The van der Waals surface area contributed by atoms with Gasteiger partial charge in [0.1, 0.15) is 0 Å². The lowest BCUT2D eigenvalue weighted by Gasteiger charge is -2.06. The van der Waals surface area contributed by atoms with Crippen molar-refractivity contribution >= 4 is 23.4 Å². The molecule has 106 valence electrons. The number of thioether (sulfide) groups is 1. The number of carbonyl (C=O) groups is 1. The lowest BCUT2D eigenvalue weighted by molar-refractivity contribution is 0.0996. The fraction of sp³-hybridized carbons (Fsp3) is 0.0769. The van der Waals surface area contributed by atoms with Crippen LogP contribution in [-0.2, 0) is 0 Å². The maximum atomic E-state index is 11.9. The predicted octanol–water partition coefficient (Wildman–Crippen LogP) is 2.23. The topological polar surface area (TPSA) is 85.8 Å². The molecule has 1 N–H and O–H groups in total. The molecule has 0 saturated carbocycles. The summed E-state index contributed by atoms with van der Waals surface area (Å²) in [6.45, 7) is 0. The molecule has 8 heteroatoms. The molecule has 2 aromatic heterocycles. The number of furan rings is 1. The van der Waals surface area contributed by atoms with Crippen molar-refractivity contribution in [3.63, 3.8) is 0 Å².